The van der Waals surface area contributed by atoms with Crippen molar-refractivity contribution in [1.29, 1.82) is 5.26 Å². The standard InChI is InChI=1S/C26H25N9/c1-17-6-5-7-21(30-17)25-24(20-10-11-23-28-16-29-35(23)15-20)31-26(32-25)34(4)22-12-18(13-27)8-9-19(22)14-33(2)3/h5-12,15-16H,14H2,1-4H3,(H,31,32). The molecule has 0 unspecified atom stereocenters. The lowest BCUT2D eigenvalue weighted by Gasteiger charge is -2.22. The molecule has 0 saturated carbocycles. The SMILES string of the molecule is Cc1cccc(-c2[nH]c(N(C)c3cc(C#N)ccc3CN(C)C)nc2-c2ccc3ncnn3c2)n1. The maximum Gasteiger partial charge on any atom is 0.208 e. The number of hydrogen-bond acceptors (Lipinski definition) is 7. The lowest BCUT2D eigenvalue weighted by molar-refractivity contribution is 0.403. The number of nitriles is 1. The topological polar surface area (TPSA) is 102 Å². The van der Waals surface area contributed by atoms with E-state index in [1.807, 2.05) is 87.7 Å². The fraction of sp³-hybridized carbons (Fsp3) is 0.192. The average Bonchev–Trinajstić information content (AvgIpc) is 3.50. The number of benzene rings is 1. The van der Waals surface area contributed by atoms with Gasteiger partial charge in [0.05, 0.1) is 23.0 Å². The second kappa shape index (κ2) is 9.00. The minimum atomic E-state index is 0.596. The van der Waals surface area contributed by atoms with Crippen molar-refractivity contribution >= 4 is 17.3 Å². The summed E-state index contributed by atoms with van der Waals surface area (Å²) in [5.41, 5.74) is 7.52. The van der Waals surface area contributed by atoms with E-state index in [1.165, 1.54) is 6.33 Å². The van der Waals surface area contributed by atoms with Crippen LogP contribution in [0.4, 0.5) is 11.6 Å². The predicted octanol–water partition coefficient (Wildman–Crippen LogP) is 4.19. The van der Waals surface area contributed by atoms with E-state index in [-0.39, 0.29) is 0 Å². The smallest absolute Gasteiger partial charge is 0.208 e. The second-order valence-electron chi connectivity index (χ2n) is 8.68. The number of H-pyrrole nitrogens is 1. The van der Waals surface area contributed by atoms with Crippen LogP contribution >= 0.6 is 0 Å². The highest BCUT2D eigenvalue weighted by atomic mass is 15.3. The van der Waals surface area contributed by atoms with Gasteiger partial charge in [-0.1, -0.05) is 12.1 Å². The molecular formula is C26H25N9. The molecule has 0 aliphatic rings. The highest BCUT2D eigenvalue weighted by molar-refractivity contribution is 5.80. The zero-order valence-electron chi connectivity index (χ0n) is 20.1. The van der Waals surface area contributed by atoms with E-state index in [9.17, 15) is 5.26 Å². The molecule has 1 N–H and O–H groups in total. The molecule has 5 rings (SSSR count). The maximum atomic E-state index is 9.50. The maximum absolute atomic E-state index is 9.50. The molecule has 35 heavy (non-hydrogen) atoms. The Morgan fingerprint density at radius 1 is 1.06 bits per heavy atom. The monoisotopic (exact) mass is 463 g/mol. The van der Waals surface area contributed by atoms with Crippen molar-refractivity contribution in [2.75, 3.05) is 26.0 Å². The number of aryl methyl sites for hydroxylation is 1. The van der Waals surface area contributed by atoms with Crippen molar-refractivity contribution in [1.82, 2.24) is 34.4 Å². The lowest BCUT2D eigenvalue weighted by Crippen LogP contribution is -2.17. The summed E-state index contributed by atoms with van der Waals surface area (Å²) in [5, 5.41) is 13.8. The fourth-order valence-corrected chi connectivity index (χ4v) is 4.09. The Balaban J connectivity index is 1.67. The third-order valence-electron chi connectivity index (χ3n) is 5.76. The molecule has 174 valence electrons. The van der Waals surface area contributed by atoms with Crippen molar-refractivity contribution in [3.05, 3.63) is 77.9 Å². The normalized spacial score (nSPS) is 11.2. The average molecular weight is 464 g/mol. The summed E-state index contributed by atoms with van der Waals surface area (Å²) in [7, 11) is 6.00. The van der Waals surface area contributed by atoms with Gasteiger partial charge in [-0.25, -0.2) is 14.5 Å². The van der Waals surface area contributed by atoms with E-state index >= 15 is 0 Å². The van der Waals surface area contributed by atoms with Crippen molar-refractivity contribution in [2.45, 2.75) is 13.5 Å². The minimum absolute atomic E-state index is 0.596. The van der Waals surface area contributed by atoms with Gasteiger partial charge in [-0.15, -0.1) is 0 Å². The third kappa shape index (κ3) is 4.35. The number of aromatic nitrogens is 6. The van der Waals surface area contributed by atoms with Gasteiger partial charge in [-0.3, -0.25) is 4.98 Å². The number of aromatic amines is 1. The lowest BCUT2D eigenvalue weighted by atomic mass is 10.1. The summed E-state index contributed by atoms with van der Waals surface area (Å²) in [6.45, 7) is 2.70. The Bertz CT molecular complexity index is 1550. The summed E-state index contributed by atoms with van der Waals surface area (Å²) in [5.74, 6) is 0.645. The number of pyridine rings is 2. The largest absolute Gasteiger partial charge is 0.322 e. The summed E-state index contributed by atoms with van der Waals surface area (Å²) in [6.07, 6.45) is 3.44. The number of fused-ring (bicyclic) bond motifs is 1. The number of anilines is 2. The Labute approximate surface area is 203 Å². The van der Waals surface area contributed by atoms with Crippen LogP contribution in [0.15, 0.2) is 61.1 Å². The van der Waals surface area contributed by atoms with Gasteiger partial charge in [-0.05, 0) is 63.0 Å². The molecule has 0 atom stereocenters. The van der Waals surface area contributed by atoms with Gasteiger partial charge in [0.15, 0.2) is 5.65 Å². The van der Waals surface area contributed by atoms with E-state index in [2.05, 4.69) is 26.0 Å². The van der Waals surface area contributed by atoms with Crippen LogP contribution in [0, 0.1) is 18.3 Å². The molecule has 0 aliphatic heterocycles. The first kappa shape index (κ1) is 22.3. The van der Waals surface area contributed by atoms with Crippen LogP contribution in [0.25, 0.3) is 28.3 Å². The second-order valence-corrected chi connectivity index (χ2v) is 8.68. The third-order valence-corrected chi connectivity index (χ3v) is 5.76. The van der Waals surface area contributed by atoms with Gasteiger partial charge < -0.3 is 14.8 Å². The molecule has 5 aromatic rings. The molecule has 9 heteroatoms. The molecule has 0 amide bonds. The van der Waals surface area contributed by atoms with Crippen molar-refractivity contribution in [2.24, 2.45) is 0 Å². The number of hydrogen-bond donors (Lipinski definition) is 1. The van der Waals surface area contributed by atoms with Crippen LogP contribution in [0.1, 0.15) is 16.8 Å². The first-order valence-electron chi connectivity index (χ1n) is 11.2. The number of nitrogens with one attached hydrogen (secondary N) is 1. The van der Waals surface area contributed by atoms with Gasteiger partial charge in [-0.2, -0.15) is 10.4 Å². The van der Waals surface area contributed by atoms with Crippen LogP contribution in [0.2, 0.25) is 0 Å². The highest BCUT2D eigenvalue weighted by Crippen LogP contribution is 2.35. The summed E-state index contributed by atoms with van der Waals surface area (Å²) >= 11 is 0. The van der Waals surface area contributed by atoms with E-state index < -0.39 is 0 Å². The van der Waals surface area contributed by atoms with Crippen molar-refractivity contribution in [3.63, 3.8) is 0 Å². The fourth-order valence-electron chi connectivity index (χ4n) is 4.09. The zero-order chi connectivity index (χ0) is 24.5. The zero-order valence-corrected chi connectivity index (χ0v) is 20.1. The first-order valence-corrected chi connectivity index (χ1v) is 11.2. The molecule has 0 radical (unpaired) electrons. The highest BCUT2D eigenvalue weighted by Gasteiger charge is 2.20. The number of rotatable bonds is 6. The molecule has 0 saturated heterocycles. The van der Waals surface area contributed by atoms with E-state index in [4.69, 9.17) is 9.97 Å². The molecule has 1 aromatic carbocycles. The minimum Gasteiger partial charge on any atom is -0.322 e. The summed E-state index contributed by atoms with van der Waals surface area (Å²) < 4.78 is 1.73. The van der Waals surface area contributed by atoms with E-state index in [0.717, 1.165) is 51.8 Å². The molecule has 4 aromatic heterocycles. The van der Waals surface area contributed by atoms with Gasteiger partial charge in [0, 0.05) is 36.7 Å². The Hall–Kier alpha value is -4.55. The molecular weight excluding hydrogens is 438 g/mol. The Morgan fingerprint density at radius 2 is 1.91 bits per heavy atom. The van der Waals surface area contributed by atoms with Gasteiger partial charge in [0.2, 0.25) is 5.95 Å². The number of imidazole rings is 1. The summed E-state index contributed by atoms with van der Waals surface area (Å²) in [4.78, 5) is 21.6. The number of nitrogens with zero attached hydrogens (tertiary/aromatic N) is 8. The van der Waals surface area contributed by atoms with Gasteiger partial charge in [0.25, 0.3) is 0 Å². The molecule has 0 aliphatic carbocycles. The molecule has 0 spiro atoms. The van der Waals surface area contributed by atoms with Crippen LogP contribution in [-0.4, -0.2) is 55.6 Å². The van der Waals surface area contributed by atoms with Crippen LogP contribution in [0.3, 0.4) is 0 Å². The first-order chi connectivity index (χ1) is 16.9. The molecule has 0 bridgehead atoms. The molecule has 0 fully saturated rings. The van der Waals surface area contributed by atoms with Crippen molar-refractivity contribution < 1.29 is 0 Å². The van der Waals surface area contributed by atoms with Crippen LogP contribution in [-0.2, 0) is 6.54 Å². The summed E-state index contributed by atoms with van der Waals surface area (Å²) in [6, 6.07) is 17.8. The Kier molecular flexibility index (Phi) is 5.73. The van der Waals surface area contributed by atoms with Crippen LogP contribution < -0.4 is 4.90 Å². The van der Waals surface area contributed by atoms with Gasteiger partial charge in [0.1, 0.15) is 12.0 Å². The quantitative estimate of drug-likeness (QED) is 0.403. The van der Waals surface area contributed by atoms with Crippen LogP contribution in [0.5, 0.6) is 0 Å². The van der Waals surface area contributed by atoms with Gasteiger partial charge >= 0.3 is 0 Å². The van der Waals surface area contributed by atoms with E-state index in [0.29, 0.717) is 11.5 Å². The van der Waals surface area contributed by atoms with E-state index in [1.54, 1.807) is 4.52 Å². The molecule has 4 heterocycles. The van der Waals surface area contributed by atoms with Crippen molar-refractivity contribution in [3.8, 4) is 28.7 Å². The Morgan fingerprint density at radius 3 is 2.69 bits per heavy atom. The molecule has 9 nitrogen and oxygen atoms in total. The predicted molar refractivity (Wildman–Crippen MR) is 135 cm³/mol.